The van der Waals surface area contributed by atoms with E-state index in [0.29, 0.717) is 0 Å². The summed E-state index contributed by atoms with van der Waals surface area (Å²) in [5, 5.41) is 18.8. The average molecular weight is 186 g/mol. The summed E-state index contributed by atoms with van der Waals surface area (Å²) < 4.78 is 0. The second kappa shape index (κ2) is 6.90. The van der Waals surface area contributed by atoms with Crippen molar-refractivity contribution in [3.8, 4) is 0 Å². The highest BCUT2D eigenvalue weighted by atomic mass is 16.6. The topological polar surface area (TPSA) is 89.4 Å². The van der Waals surface area contributed by atoms with Gasteiger partial charge in [0.1, 0.15) is 5.76 Å². The quantitative estimate of drug-likeness (QED) is 0.304. The maximum Gasteiger partial charge on any atom is 0.266 e. The average Bonchev–Trinajstić information content (AvgIpc) is 2.07. The zero-order valence-corrected chi connectivity index (χ0v) is 7.78. The van der Waals surface area contributed by atoms with Crippen LogP contribution < -0.4 is 5.73 Å². The zero-order chi connectivity index (χ0) is 11.0. The van der Waals surface area contributed by atoms with E-state index in [0.717, 1.165) is 6.08 Å². The second-order valence-electron chi connectivity index (χ2n) is 1.80. The molecule has 0 spiro atoms. The maximum atomic E-state index is 9.94. The van der Waals surface area contributed by atoms with E-state index in [9.17, 15) is 10.1 Å². The Morgan fingerprint density at radius 2 is 1.92 bits per heavy atom. The number of nitrogens with two attached hydrogens (primary N) is 1. The molecule has 0 saturated carbocycles. The van der Waals surface area contributed by atoms with Crippen molar-refractivity contribution in [3.63, 3.8) is 0 Å². The summed E-state index contributed by atoms with van der Waals surface area (Å²) in [7, 11) is 0. The minimum atomic E-state index is -0.737. The SMILES string of the molecule is C=C(N)/C(O)=C\C(=C)[N+](=O)[O-].CC. The van der Waals surface area contributed by atoms with E-state index in [1.807, 2.05) is 13.8 Å². The van der Waals surface area contributed by atoms with Crippen molar-refractivity contribution in [1.29, 1.82) is 0 Å². The van der Waals surface area contributed by atoms with Gasteiger partial charge in [-0.2, -0.15) is 0 Å². The highest BCUT2D eigenvalue weighted by molar-refractivity contribution is 5.23. The molecule has 3 N–H and O–H groups in total. The Morgan fingerprint density at radius 3 is 2.15 bits per heavy atom. The van der Waals surface area contributed by atoms with Crippen LogP contribution in [-0.4, -0.2) is 10.0 Å². The smallest absolute Gasteiger partial charge is 0.266 e. The van der Waals surface area contributed by atoms with Crippen LogP contribution in [0.3, 0.4) is 0 Å². The number of allylic oxidation sites excluding steroid dienone is 1. The summed E-state index contributed by atoms with van der Waals surface area (Å²) in [6.45, 7) is 10.2. The van der Waals surface area contributed by atoms with Crippen LogP contribution in [-0.2, 0) is 0 Å². The molecule has 5 heteroatoms. The van der Waals surface area contributed by atoms with Gasteiger partial charge in [-0.25, -0.2) is 0 Å². The van der Waals surface area contributed by atoms with Crippen molar-refractivity contribution in [1.82, 2.24) is 0 Å². The molecule has 0 aliphatic carbocycles. The standard InChI is InChI=1S/C6H8N2O3.C2H6/c1-4(8(10)11)3-6(9)5(2)7;1-2/h3,9H,1-2,7H2;1-2H3/b6-3+;. The minimum absolute atomic E-state index is 0.131. The van der Waals surface area contributed by atoms with E-state index in [1.54, 1.807) is 0 Å². The fraction of sp³-hybridized carbons (Fsp3) is 0.250. The largest absolute Gasteiger partial charge is 0.506 e. The summed E-state index contributed by atoms with van der Waals surface area (Å²) in [5.74, 6) is -0.438. The molecule has 5 nitrogen and oxygen atoms in total. The lowest BCUT2D eigenvalue weighted by Gasteiger charge is -1.94. The molecule has 0 aromatic rings. The van der Waals surface area contributed by atoms with Gasteiger partial charge in [-0.1, -0.05) is 20.4 Å². The van der Waals surface area contributed by atoms with Crippen LogP contribution in [0.2, 0.25) is 0 Å². The van der Waals surface area contributed by atoms with E-state index in [2.05, 4.69) is 13.2 Å². The third kappa shape index (κ3) is 6.61. The second-order valence-corrected chi connectivity index (χ2v) is 1.80. The Balaban J connectivity index is 0. The van der Waals surface area contributed by atoms with Crippen molar-refractivity contribution in [2.75, 3.05) is 0 Å². The van der Waals surface area contributed by atoms with Gasteiger partial charge in [-0.05, 0) is 6.58 Å². The molecule has 0 atom stereocenters. The molecule has 13 heavy (non-hydrogen) atoms. The van der Waals surface area contributed by atoms with Crippen molar-refractivity contribution >= 4 is 0 Å². The predicted octanol–water partition coefficient (Wildman–Crippen LogP) is 1.72. The summed E-state index contributed by atoms with van der Waals surface area (Å²) >= 11 is 0. The summed E-state index contributed by atoms with van der Waals surface area (Å²) in [4.78, 5) is 9.20. The van der Waals surface area contributed by atoms with E-state index in [1.165, 1.54) is 0 Å². The Bertz CT molecular complexity index is 244. The molecule has 0 amide bonds. The van der Waals surface area contributed by atoms with Crippen LogP contribution in [0.4, 0.5) is 0 Å². The molecule has 0 saturated heterocycles. The lowest BCUT2D eigenvalue weighted by atomic mass is 10.3. The molecule has 0 rings (SSSR count). The number of hydrogen-bond acceptors (Lipinski definition) is 4. The van der Waals surface area contributed by atoms with Crippen molar-refractivity contribution < 1.29 is 10.0 Å². The highest BCUT2D eigenvalue weighted by Gasteiger charge is 2.04. The fourth-order valence-electron chi connectivity index (χ4n) is 0.303. The van der Waals surface area contributed by atoms with Crippen LogP contribution in [0.5, 0.6) is 0 Å². The molecular formula is C8H14N2O3. The number of aliphatic hydroxyl groups excluding tert-OH is 1. The molecular weight excluding hydrogens is 172 g/mol. The number of rotatable bonds is 3. The van der Waals surface area contributed by atoms with Crippen LogP contribution >= 0.6 is 0 Å². The van der Waals surface area contributed by atoms with Crippen LogP contribution in [0.1, 0.15) is 13.8 Å². The normalized spacial score (nSPS) is 9.54. The molecule has 74 valence electrons. The molecule has 0 aliphatic rings. The number of nitrogens with zero attached hydrogens (tertiary/aromatic N) is 1. The van der Waals surface area contributed by atoms with Gasteiger partial charge in [0.25, 0.3) is 5.70 Å². The van der Waals surface area contributed by atoms with Gasteiger partial charge in [0.2, 0.25) is 0 Å². The molecule has 0 aromatic heterocycles. The first-order chi connectivity index (χ1) is 5.95. The summed E-state index contributed by atoms with van der Waals surface area (Å²) in [6.07, 6.45) is 0.836. The highest BCUT2D eigenvalue weighted by Crippen LogP contribution is 2.01. The van der Waals surface area contributed by atoms with Gasteiger partial charge in [-0.15, -0.1) is 0 Å². The molecule has 0 aromatic carbocycles. The molecule has 0 heterocycles. The van der Waals surface area contributed by atoms with E-state index < -0.39 is 16.4 Å². The van der Waals surface area contributed by atoms with Crippen molar-refractivity contribution in [2.24, 2.45) is 5.73 Å². The van der Waals surface area contributed by atoms with Crippen LogP contribution in [0.15, 0.2) is 36.4 Å². The molecule has 0 radical (unpaired) electrons. The minimum Gasteiger partial charge on any atom is -0.506 e. The summed E-state index contributed by atoms with van der Waals surface area (Å²) in [5.41, 5.74) is 4.44. The Hall–Kier alpha value is -1.78. The van der Waals surface area contributed by atoms with Gasteiger partial charge in [0, 0.05) is 0 Å². The Morgan fingerprint density at radius 1 is 1.54 bits per heavy atom. The first kappa shape index (κ1) is 13.8. The number of hydrogen-bond donors (Lipinski definition) is 2. The number of nitro groups is 1. The predicted molar refractivity (Wildman–Crippen MR) is 51.5 cm³/mol. The summed E-state index contributed by atoms with van der Waals surface area (Å²) in [6, 6.07) is 0. The number of aliphatic hydroxyl groups is 1. The van der Waals surface area contributed by atoms with Crippen LogP contribution in [0, 0.1) is 10.1 Å². The van der Waals surface area contributed by atoms with Gasteiger partial charge in [0.15, 0.2) is 0 Å². The molecule has 0 fully saturated rings. The van der Waals surface area contributed by atoms with Gasteiger partial charge >= 0.3 is 0 Å². The lowest BCUT2D eigenvalue weighted by Crippen LogP contribution is -2.01. The third-order valence-electron chi connectivity index (χ3n) is 0.867. The third-order valence-corrected chi connectivity index (χ3v) is 0.867. The monoisotopic (exact) mass is 186 g/mol. The van der Waals surface area contributed by atoms with Crippen LogP contribution in [0.25, 0.3) is 0 Å². The van der Waals surface area contributed by atoms with E-state index >= 15 is 0 Å². The fourth-order valence-corrected chi connectivity index (χ4v) is 0.303. The first-order valence-corrected chi connectivity index (χ1v) is 3.64. The molecule has 0 bridgehead atoms. The van der Waals surface area contributed by atoms with Gasteiger partial charge < -0.3 is 10.8 Å². The molecule has 0 unspecified atom stereocenters. The van der Waals surface area contributed by atoms with E-state index in [4.69, 9.17) is 10.8 Å². The van der Waals surface area contributed by atoms with Gasteiger partial charge in [0.05, 0.1) is 16.7 Å². The molecule has 0 aliphatic heterocycles. The Kier molecular flexibility index (Phi) is 7.32. The lowest BCUT2D eigenvalue weighted by molar-refractivity contribution is -0.418. The van der Waals surface area contributed by atoms with Crippen molar-refractivity contribution in [2.45, 2.75) is 13.8 Å². The van der Waals surface area contributed by atoms with E-state index in [-0.39, 0.29) is 5.70 Å². The first-order valence-electron chi connectivity index (χ1n) is 3.64. The van der Waals surface area contributed by atoms with Crippen molar-refractivity contribution in [3.05, 3.63) is 46.5 Å². The van der Waals surface area contributed by atoms with Gasteiger partial charge in [-0.3, -0.25) is 10.1 Å². The maximum absolute atomic E-state index is 9.94. The Labute approximate surface area is 77.0 Å². The zero-order valence-electron chi connectivity index (χ0n) is 7.78.